The molecule has 1 aliphatic carbocycles. The molecule has 0 unspecified atom stereocenters. The topological polar surface area (TPSA) is 92.1 Å². The number of nitrogens with two attached hydrogens (primary N) is 1. The van der Waals surface area contributed by atoms with Gasteiger partial charge in [-0.15, -0.1) is 0 Å². The third-order valence-corrected chi connectivity index (χ3v) is 5.38. The summed E-state index contributed by atoms with van der Waals surface area (Å²) in [7, 11) is 1.89. The van der Waals surface area contributed by atoms with Crippen LogP contribution in [-0.4, -0.2) is 33.5 Å². The van der Waals surface area contributed by atoms with Crippen LogP contribution in [0.15, 0.2) is 41.5 Å². The molecule has 7 nitrogen and oxygen atoms in total. The first-order valence-electron chi connectivity index (χ1n) is 11.1. The van der Waals surface area contributed by atoms with Crippen LogP contribution in [0.3, 0.4) is 0 Å². The SMILES string of the molecule is CC.CCOCCn1cc(C(N)=O)ccc1=O.Cn1ncc2c(C3CCC3)c(F)ccc21. The van der Waals surface area contributed by atoms with Gasteiger partial charge < -0.3 is 15.0 Å². The Morgan fingerprint density at radius 2 is 1.97 bits per heavy atom. The zero-order valence-corrected chi connectivity index (χ0v) is 19.3. The van der Waals surface area contributed by atoms with Crippen molar-refractivity contribution in [2.75, 3.05) is 13.2 Å². The summed E-state index contributed by atoms with van der Waals surface area (Å²) in [5, 5.41) is 5.18. The average molecular weight is 445 g/mol. The molecule has 2 heterocycles. The largest absolute Gasteiger partial charge is 0.380 e. The van der Waals surface area contributed by atoms with Crippen molar-refractivity contribution in [2.45, 2.75) is 52.5 Å². The van der Waals surface area contributed by atoms with Crippen LogP contribution < -0.4 is 11.3 Å². The standard InChI is InChI=1S/C12H13FN2.C10H14N2O3.C2H6/c1-15-11-6-5-10(13)12(8-3-2-4-8)9(11)7-14-15;1-2-15-6-5-12-7-8(10(11)14)3-4-9(12)13;1-2/h5-8H,2-4H2,1H3;3-4,7H,2,5-6H2,1H3,(H2,11,14);1-2H3. The van der Waals surface area contributed by atoms with Crippen molar-refractivity contribution in [2.24, 2.45) is 12.8 Å². The van der Waals surface area contributed by atoms with Crippen molar-refractivity contribution < 1.29 is 13.9 Å². The summed E-state index contributed by atoms with van der Waals surface area (Å²) in [6.07, 6.45) is 6.69. The molecule has 0 bridgehead atoms. The summed E-state index contributed by atoms with van der Waals surface area (Å²) in [6, 6.07) is 6.12. The normalized spacial score (nSPS) is 12.9. The number of benzene rings is 1. The Bertz CT molecular complexity index is 1090. The summed E-state index contributed by atoms with van der Waals surface area (Å²) < 4.78 is 22.1. The van der Waals surface area contributed by atoms with Crippen LogP contribution in [0.25, 0.3) is 10.9 Å². The molecule has 1 fully saturated rings. The number of ether oxygens (including phenoxy) is 1. The highest BCUT2D eigenvalue weighted by Gasteiger charge is 2.25. The summed E-state index contributed by atoms with van der Waals surface area (Å²) >= 11 is 0. The number of aromatic nitrogens is 3. The number of fused-ring (bicyclic) bond motifs is 1. The minimum absolute atomic E-state index is 0.0693. The van der Waals surface area contributed by atoms with Gasteiger partial charge in [0.05, 0.1) is 23.9 Å². The molecule has 174 valence electrons. The first-order chi connectivity index (χ1) is 15.4. The number of pyridine rings is 1. The van der Waals surface area contributed by atoms with Gasteiger partial charge >= 0.3 is 0 Å². The Hall–Kier alpha value is -3.00. The number of hydrogen-bond donors (Lipinski definition) is 1. The van der Waals surface area contributed by atoms with Crippen LogP contribution in [0.4, 0.5) is 4.39 Å². The monoisotopic (exact) mass is 444 g/mol. The molecule has 1 aliphatic rings. The van der Waals surface area contributed by atoms with E-state index >= 15 is 0 Å². The van der Waals surface area contributed by atoms with Crippen molar-refractivity contribution in [3.63, 3.8) is 0 Å². The Morgan fingerprint density at radius 1 is 1.25 bits per heavy atom. The number of aryl methyl sites for hydroxylation is 1. The maximum absolute atomic E-state index is 13.8. The zero-order valence-electron chi connectivity index (χ0n) is 19.3. The Morgan fingerprint density at radius 3 is 2.56 bits per heavy atom. The molecule has 32 heavy (non-hydrogen) atoms. The Kier molecular flexibility index (Phi) is 9.59. The lowest BCUT2D eigenvalue weighted by Gasteiger charge is -2.26. The van der Waals surface area contributed by atoms with Gasteiger partial charge in [-0.05, 0) is 43.9 Å². The summed E-state index contributed by atoms with van der Waals surface area (Å²) in [5.41, 5.74) is 7.17. The molecule has 8 heteroatoms. The molecule has 1 aromatic carbocycles. The molecular formula is C24H33FN4O3. The van der Waals surface area contributed by atoms with E-state index in [0.717, 1.165) is 29.3 Å². The fourth-order valence-electron chi connectivity index (χ4n) is 3.49. The van der Waals surface area contributed by atoms with Crippen molar-refractivity contribution in [1.29, 1.82) is 0 Å². The minimum atomic E-state index is -0.542. The second-order valence-corrected chi connectivity index (χ2v) is 7.30. The van der Waals surface area contributed by atoms with Gasteiger partial charge in [0.1, 0.15) is 5.82 Å². The van der Waals surface area contributed by atoms with Crippen molar-refractivity contribution >= 4 is 16.8 Å². The van der Waals surface area contributed by atoms with Gasteiger partial charge in [0.15, 0.2) is 0 Å². The van der Waals surface area contributed by atoms with Crippen LogP contribution in [-0.2, 0) is 18.3 Å². The molecule has 1 amide bonds. The molecule has 0 radical (unpaired) electrons. The third kappa shape index (κ3) is 6.03. The van der Waals surface area contributed by atoms with Gasteiger partial charge in [0.25, 0.3) is 5.56 Å². The predicted molar refractivity (Wildman–Crippen MR) is 124 cm³/mol. The fraction of sp³-hybridized carbons (Fsp3) is 0.458. The Balaban J connectivity index is 0.000000211. The lowest BCUT2D eigenvalue weighted by Crippen LogP contribution is -2.24. The highest BCUT2D eigenvalue weighted by molar-refractivity contribution is 5.92. The van der Waals surface area contributed by atoms with Gasteiger partial charge in [0, 0.05) is 43.4 Å². The number of amides is 1. The second-order valence-electron chi connectivity index (χ2n) is 7.30. The van der Waals surface area contributed by atoms with E-state index in [-0.39, 0.29) is 11.4 Å². The number of hydrogen-bond acceptors (Lipinski definition) is 4. The van der Waals surface area contributed by atoms with Crippen LogP contribution >= 0.6 is 0 Å². The average Bonchev–Trinajstić information content (AvgIpc) is 3.13. The summed E-state index contributed by atoms with van der Waals surface area (Å²) in [6.45, 7) is 7.35. The first-order valence-corrected chi connectivity index (χ1v) is 11.1. The van der Waals surface area contributed by atoms with E-state index in [4.69, 9.17) is 10.5 Å². The maximum atomic E-state index is 13.8. The van der Waals surface area contributed by atoms with E-state index in [1.54, 1.807) is 23.0 Å². The van der Waals surface area contributed by atoms with Gasteiger partial charge in [0.2, 0.25) is 5.91 Å². The number of carbonyl (C=O) groups is 1. The van der Waals surface area contributed by atoms with Crippen LogP contribution in [0.1, 0.15) is 61.9 Å². The highest BCUT2D eigenvalue weighted by Crippen LogP contribution is 2.40. The predicted octanol–water partition coefficient (Wildman–Crippen LogP) is 3.99. The number of rotatable bonds is 6. The number of carbonyl (C=O) groups excluding carboxylic acids is 1. The Labute approximate surface area is 188 Å². The quantitative estimate of drug-likeness (QED) is 0.582. The van der Waals surface area contributed by atoms with Gasteiger partial charge in [-0.2, -0.15) is 5.10 Å². The number of primary amides is 1. The van der Waals surface area contributed by atoms with E-state index < -0.39 is 5.91 Å². The van der Waals surface area contributed by atoms with E-state index in [2.05, 4.69) is 5.10 Å². The van der Waals surface area contributed by atoms with Crippen LogP contribution in [0.2, 0.25) is 0 Å². The molecule has 0 aliphatic heterocycles. The molecule has 2 N–H and O–H groups in total. The van der Waals surface area contributed by atoms with Crippen molar-refractivity contribution in [3.8, 4) is 0 Å². The van der Waals surface area contributed by atoms with E-state index in [1.165, 1.54) is 29.3 Å². The van der Waals surface area contributed by atoms with E-state index in [9.17, 15) is 14.0 Å². The van der Waals surface area contributed by atoms with Gasteiger partial charge in [-0.1, -0.05) is 20.3 Å². The molecule has 3 aromatic rings. The first kappa shape index (κ1) is 25.3. The number of nitrogens with zero attached hydrogens (tertiary/aromatic N) is 3. The lowest BCUT2D eigenvalue weighted by molar-refractivity contribution is 0.0998. The van der Waals surface area contributed by atoms with Crippen molar-refractivity contribution in [3.05, 3.63) is 64.0 Å². The van der Waals surface area contributed by atoms with Crippen LogP contribution in [0.5, 0.6) is 0 Å². The summed E-state index contributed by atoms with van der Waals surface area (Å²) in [4.78, 5) is 22.2. The van der Waals surface area contributed by atoms with E-state index in [1.807, 2.05) is 27.8 Å². The second kappa shape index (κ2) is 12.1. The number of halogens is 1. The zero-order chi connectivity index (χ0) is 23.7. The van der Waals surface area contributed by atoms with Crippen molar-refractivity contribution in [1.82, 2.24) is 14.3 Å². The molecule has 0 atom stereocenters. The third-order valence-electron chi connectivity index (χ3n) is 5.38. The van der Waals surface area contributed by atoms with E-state index in [0.29, 0.717) is 31.2 Å². The molecule has 0 spiro atoms. The molecule has 1 saturated carbocycles. The van der Waals surface area contributed by atoms with Gasteiger partial charge in [-0.25, -0.2) is 4.39 Å². The molecular weight excluding hydrogens is 411 g/mol. The highest BCUT2D eigenvalue weighted by atomic mass is 19.1. The maximum Gasteiger partial charge on any atom is 0.250 e. The van der Waals surface area contributed by atoms with Gasteiger partial charge in [-0.3, -0.25) is 14.3 Å². The smallest absolute Gasteiger partial charge is 0.250 e. The minimum Gasteiger partial charge on any atom is -0.380 e. The molecule has 4 rings (SSSR count). The van der Waals surface area contributed by atoms with Crippen LogP contribution in [0, 0.1) is 5.82 Å². The summed E-state index contributed by atoms with van der Waals surface area (Å²) in [5.74, 6) is -0.196. The molecule has 0 saturated heterocycles. The lowest BCUT2D eigenvalue weighted by atomic mass is 9.78. The molecule has 2 aromatic heterocycles. The fourth-order valence-corrected chi connectivity index (χ4v) is 3.49.